The van der Waals surface area contributed by atoms with Crippen LogP contribution < -0.4 is 4.90 Å². The van der Waals surface area contributed by atoms with Crippen LogP contribution in [0.25, 0.3) is 11.0 Å². The molecular formula is C21H21N5O2. The zero-order valence-corrected chi connectivity index (χ0v) is 16.1. The van der Waals surface area contributed by atoms with Crippen molar-refractivity contribution in [3.8, 4) is 0 Å². The number of hydrogen-bond acceptors (Lipinski definition) is 5. The van der Waals surface area contributed by atoms with Crippen molar-refractivity contribution in [3.05, 3.63) is 71.1 Å². The molecule has 1 amide bonds. The Balaban J connectivity index is 1.74. The molecule has 0 unspecified atom stereocenters. The Kier molecular flexibility index (Phi) is 4.65. The fourth-order valence-corrected chi connectivity index (χ4v) is 3.27. The molecule has 0 aliphatic rings. The van der Waals surface area contributed by atoms with Crippen LogP contribution in [-0.4, -0.2) is 26.1 Å². The molecule has 0 bridgehead atoms. The van der Waals surface area contributed by atoms with Crippen molar-refractivity contribution in [2.45, 2.75) is 33.9 Å². The largest absolute Gasteiger partial charge is 0.361 e. The number of amides is 1. The summed E-state index contributed by atoms with van der Waals surface area (Å²) in [5, 5.41) is 12.3. The van der Waals surface area contributed by atoms with Gasteiger partial charge in [0, 0.05) is 23.4 Å². The zero-order chi connectivity index (χ0) is 19.7. The summed E-state index contributed by atoms with van der Waals surface area (Å²) in [6.45, 7) is 6.86. The Hall–Kier alpha value is -3.48. The summed E-state index contributed by atoms with van der Waals surface area (Å²) in [5.41, 5.74) is 4.69. The second kappa shape index (κ2) is 7.26. The molecule has 0 fully saturated rings. The van der Waals surface area contributed by atoms with Gasteiger partial charge < -0.3 is 9.42 Å². The van der Waals surface area contributed by atoms with Crippen LogP contribution >= 0.6 is 0 Å². The van der Waals surface area contributed by atoms with Crippen LogP contribution in [0.5, 0.6) is 0 Å². The van der Waals surface area contributed by atoms with E-state index in [9.17, 15) is 4.79 Å². The van der Waals surface area contributed by atoms with Crippen molar-refractivity contribution < 1.29 is 9.32 Å². The van der Waals surface area contributed by atoms with E-state index in [0.29, 0.717) is 23.4 Å². The molecule has 4 aromatic rings. The van der Waals surface area contributed by atoms with Crippen LogP contribution in [0, 0.1) is 13.8 Å². The second-order valence-electron chi connectivity index (χ2n) is 6.64. The van der Waals surface area contributed by atoms with Crippen molar-refractivity contribution in [2.75, 3.05) is 4.90 Å². The highest BCUT2D eigenvalue weighted by atomic mass is 16.5. The van der Waals surface area contributed by atoms with Gasteiger partial charge in [-0.1, -0.05) is 28.6 Å². The number of benzene rings is 2. The van der Waals surface area contributed by atoms with Gasteiger partial charge in [0.05, 0.1) is 17.8 Å². The van der Waals surface area contributed by atoms with Crippen molar-refractivity contribution in [1.82, 2.24) is 20.2 Å². The van der Waals surface area contributed by atoms with E-state index in [2.05, 4.69) is 15.5 Å². The average molecular weight is 375 g/mol. The number of carbonyl (C=O) groups excluding carboxylic acids is 1. The number of para-hydroxylation sites is 1. The molecule has 7 heteroatoms. The molecule has 4 rings (SSSR count). The molecule has 142 valence electrons. The minimum Gasteiger partial charge on any atom is -0.361 e. The first-order chi connectivity index (χ1) is 13.6. The van der Waals surface area contributed by atoms with Gasteiger partial charge in [0.15, 0.2) is 0 Å². The predicted molar refractivity (Wildman–Crippen MR) is 106 cm³/mol. The SMILES string of the molecule is CCn1nnc2cc(C(=O)N(Cc3c(C)noc3C)c3ccccc3)ccc21. The molecule has 0 spiro atoms. The Morgan fingerprint density at radius 2 is 1.93 bits per heavy atom. The van der Waals surface area contributed by atoms with Crippen molar-refractivity contribution in [3.63, 3.8) is 0 Å². The Labute approximate surface area is 162 Å². The molecule has 0 aliphatic heterocycles. The third kappa shape index (κ3) is 3.15. The molecular weight excluding hydrogens is 354 g/mol. The van der Waals surface area contributed by atoms with E-state index < -0.39 is 0 Å². The van der Waals surface area contributed by atoms with E-state index in [1.807, 2.05) is 67.9 Å². The summed E-state index contributed by atoms with van der Waals surface area (Å²) in [4.78, 5) is 15.2. The normalized spacial score (nSPS) is 11.1. The van der Waals surface area contributed by atoms with Gasteiger partial charge in [-0.15, -0.1) is 5.10 Å². The number of nitrogens with zero attached hydrogens (tertiary/aromatic N) is 5. The zero-order valence-electron chi connectivity index (χ0n) is 16.1. The first-order valence-electron chi connectivity index (χ1n) is 9.20. The van der Waals surface area contributed by atoms with Gasteiger partial charge in [-0.3, -0.25) is 4.79 Å². The topological polar surface area (TPSA) is 77.1 Å². The molecule has 0 atom stereocenters. The van der Waals surface area contributed by atoms with Gasteiger partial charge in [-0.05, 0) is 51.1 Å². The Bertz CT molecular complexity index is 1110. The van der Waals surface area contributed by atoms with Gasteiger partial charge in [0.1, 0.15) is 11.3 Å². The van der Waals surface area contributed by atoms with E-state index in [-0.39, 0.29) is 5.91 Å². The standard InChI is InChI=1S/C21H21N5O2/c1-4-26-20-11-10-16(12-19(20)22-24-26)21(27)25(17-8-6-5-7-9-17)13-18-14(2)23-28-15(18)3/h5-12H,4,13H2,1-3H3. The average Bonchev–Trinajstić information content (AvgIpc) is 3.28. The van der Waals surface area contributed by atoms with Crippen molar-refractivity contribution in [2.24, 2.45) is 0 Å². The van der Waals surface area contributed by atoms with Gasteiger partial charge in [-0.2, -0.15) is 0 Å². The smallest absolute Gasteiger partial charge is 0.258 e. The number of carbonyl (C=O) groups is 1. The fourth-order valence-electron chi connectivity index (χ4n) is 3.27. The van der Waals surface area contributed by atoms with Gasteiger partial charge >= 0.3 is 0 Å². The van der Waals surface area contributed by atoms with Crippen LogP contribution in [0.4, 0.5) is 5.69 Å². The molecule has 0 N–H and O–H groups in total. The number of fused-ring (bicyclic) bond motifs is 1. The van der Waals surface area contributed by atoms with E-state index >= 15 is 0 Å². The first kappa shape index (κ1) is 17.9. The summed E-state index contributed by atoms with van der Waals surface area (Å²) in [6, 6.07) is 15.1. The summed E-state index contributed by atoms with van der Waals surface area (Å²) in [5.74, 6) is 0.603. The lowest BCUT2D eigenvalue weighted by Gasteiger charge is -2.23. The molecule has 0 aliphatic carbocycles. The Morgan fingerprint density at radius 1 is 1.14 bits per heavy atom. The monoisotopic (exact) mass is 375 g/mol. The summed E-state index contributed by atoms with van der Waals surface area (Å²) < 4.78 is 7.09. The van der Waals surface area contributed by atoms with E-state index in [1.54, 1.807) is 11.0 Å². The minimum absolute atomic E-state index is 0.112. The molecule has 0 saturated heterocycles. The first-order valence-corrected chi connectivity index (χ1v) is 9.20. The van der Waals surface area contributed by atoms with Gasteiger partial charge in [0.2, 0.25) is 0 Å². The minimum atomic E-state index is -0.112. The molecule has 2 aromatic carbocycles. The number of rotatable bonds is 5. The molecule has 0 saturated carbocycles. The van der Waals surface area contributed by atoms with Crippen LogP contribution in [0.3, 0.4) is 0 Å². The van der Waals surface area contributed by atoms with Gasteiger partial charge in [-0.25, -0.2) is 4.68 Å². The van der Waals surface area contributed by atoms with Crippen LogP contribution in [0.2, 0.25) is 0 Å². The lowest BCUT2D eigenvalue weighted by atomic mass is 10.1. The van der Waals surface area contributed by atoms with Crippen molar-refractivity contribution in [1.29, 1.82) is 0 Å². The van der Waals surface area contributed by atoms with Crippen molar-refractivity contribution >= 4 is 22.6 Å². The summed E-state index contributed by atoms with van der Waals surface area (Å²) >= 11 is 0. The highest BCUT2D eigenvalue weighted by Gasteiger charge is 2.22. The Morgan fingerprint density at radius 3 is 2.61 bits per heavy atom. The number of anilines is 1. The lowest BCUT2D eigenvalue weighted by molar-refractivity contribution is 0.0985. The highest BCUT2D eigenvalue weighted by Crippen LogP contribution is 2.24. The third-order valence-electron chi connectivity index (χ3n) is 4.87. The molecule has 2 aromatic heterocycles. The summed E-state index contributed by atoms with van der Waals surface area (Å²) in [7, 11) is 0. The number of aryl methyl sites for hydroxylation is 3. The van der Waals surface area contributed by atoms with Gasteiger partial charge in [0.25, 0.3) is 5.91 Å². The van der Waals surface area contributed by atoms with E-state index in [1.165, 1.54) is 0 Å². The van der Waals surface area contributed by atoms with Crippen LogP contribution in [0.15, 0.2) is 53.1 Å². The predicted octanol–water partition coefficient (Wildman–Crippen LogP) is 3.90. The number of hydrogen-bond donors (Lipinski definition) is 0. The second-order valence-corrected chi connectivity index (χ2v) is 6.64. The molecule has 28 heavy (non-hydrogen) atoms. The lowest BCUT2D eigenvalue weighted by Crippen LogP contribution is -2.30. The quantitative estimate of drug-likeness (QED) is 0.529. The third-order valence-corrected chi connectivity index (χ3v) is 4.87. The maximum absolute atomic E-state index is 13.4. The fraction of sp³-hybridized carbons (Fsp3) is 0.238. The van der Waals surface area contributed by atoms with E-state index in [0.717, 1.165) is 29.0 Å². The summed E-state index contributed by atoms with van der Waals surface area (Å²) in [6.07, 6.45) is 0. The van der Waals surface area contributed by atoms with E-state index in [4.69, 9.17) is 4.52 Å². The van der Waals surface area contributed by atoms with Crippen LogP contribution in [0.1, 0.15) is 34.3 Å². The molecule has 2 heterocycles. The highest BCUT2D eigenvalue weighted by molar-refractivity contribution is 6.07. The van der Waals surface area contributed by atoms with Crippen LogP contribution in [-0.2, 0) is 13.1 Å². The maximum Gasteiger partial charge on any atom is 0.258 e. The molecule has 0 radical (unpaired) electrons. The molecule has 7 nitrogen and oxygen atoms in total. The maximum atomic E-state index is 13.4. The number of aromatic nitrogens is 4.